The number of carbonyl (C=O) groups is 2. The van der Waals surface area contributed by atoms with E-state index in [4.69, 9.17) is 10.00 Å². The van der Waals surface area contributed by atoms with Gasteiger partial charge in [-0.15, -0.1) is 0 Å². The van der Waals surface area contributed by atoms with E-state index < -0.39 is 6.03 Å². The van der Waals surface area contributed by atoms with E-state index in [1.165, 1.54) is 0 Å². The van der Waals surface area contributed by atoms with Crippen LogP contribution < -0.4 is 15.4 Å². The summed E-state index contributed by atoms with van der Waals surface area (Å²) in [6.45, 7) is 5.53. The molecule has 10 nitrogen and oxygen atoms in total. The zero-order valence-corrected chi connectivity index (χ0v) is 23.6. The molecule has 214 valence electrons. The van der Waals surface area contributed by atoms with Crippen LogP contribution in [0.15, 0.2) is 67.0 Å². The van der Waals surface area contributed by atoms with Crippen molar-refractivity contribution in [3.05, 3.63) is 83.7 Å². The predicted octanol–water partition coefficient (Wildman–Crippen LogP) is 3.88. The summed E-state index contributed by atoms with van der Waals surface area (Å²) in [4.78, 5) is 34.1. The molecule has 3 atom stereocenters. The molecular formula is C31H36N6O4. The van der Waals surface area contributed by atoms with Crippen LogP contribution in [-0.2, 0) is 17.8 Å². The number of urea groups is 1. The lowest BCUT2D eigenvalue weighted by atomic mass is 10.0. The van der Waals surface area contributed by atoms with E-state index in [1.807, 2.05) is 32.2 Å². The number of hydrogen-bond acceptors (Lipinski definition) is 7. The zero-order chi connectivity index (χ0) is 29.4. The van der Waals surface area contributed by atoms with Crippen molar-refractivity contribution in [1.29, 1.82) is 5.26 Å². The Labute approximate surface area is 240 Å². The van der Waals surface area contributed by atoms with E-state index in [9.17, 15) is 14.7 Å². The normalized spacial score (nSPS) is 17.8. The van der Waals surface area contributed by atoms with E-state index in [1.54, 1.807) is 59.8 Å². The molecule has 1 aliphatic rings. The summed E-state index contributed by atoms with van der Waals surface area (Å²) < 4.78 is 6.57. The Hall–Kier alpha value is -4.46. The number of nitriles is 1. The number of rotatable bonds is 8. The number of nitrogens with one attached hydrogen (secondary N) is 2. The maximum absolute atomic E-state index is 13.4. The standard InChI is InChI=1S/C31H36N6O4/c1-21-17-37(22(2)20-38)30(39)15-25-14-27(35-31(40)34-26-6-4-23(16-32)5-7-26)8-9-28(25)41-29(21)19-36(3)18-24-10-12-33-13-11-24/h4-14,21-22,29,38H,15,17-20H2,1-3H3,(H2,34,35,40)/t21-,22?,29+/m1/s1. The fraction of sp³-hybridized carbons (Fsp3) is 0.355. The number of pyridine rings is 1. The van der Waals surface area contributed by atoms with Gasteiger partial charge in [0.2, 0.25) is 5.91 Å². The van der Waals surface area contributed by atoms with E-state index in [0.29, 0.717) is 41.3 Å². The molecule has 2 heterocycles. The van der Waals surface area contributed by atoms with Crippen LogP contribution in [0.25, 0.3) is 0 Å². The van der Waals surface area contributed by atoms with Crippen LogP contribution in [0.5, 0.6) is 5.75 Å². The molecule has 0 bridgehead atoms. The van der Waals surface area contributed by atoms with Gasteiger partial charge in [0.25, 0.3) is 0 Å². The Morgan fingerprint density at radius 3 is 2.54 bits per heavy atom. The molecule has 0 saturated carbocycles. The van der Waals surface area contributed by atoms with Crippen molar-refractivity contribution in [2.45, 2.75) is 39.0 Å². The largest absolute Gasteiger partial charge is 0.488 e. The lowest BCUT2D eigenvalue weighted by Crippen LogP contribution is -2.47. The third kappa shape index (κ3) is 8.03. The predicted molar refractivity (Wildman–Crippen MR) is 156 cm³/mol. The zero-order valence-electron chi connectivity index (χ0n) is 23.6. The molecule has 1 unspecified atom stereocenters. The van der Waals surface area contributed by atoms with Crippen molar-refractivity contribution in [3.63, 3.8) is 0 Å². The van der Waals surface area contributed by atoms with Crippen LogP contribution in [0.1, 0.15) is 30.5 Å². The lowest BCUT2D eigenvalue weighted by Gasteiger charge is -2.34. The fourth-order valence-electron chi connectivity index (χ4n) is 4.82. The minimum absolute atomic E-state index is 0.0187. The first kappa shape index (κ1) is 29.5. The monoisotopic (exact) mass is 556 g/mol. The van der Waals surface area contributed by atoms with Gasteiger partial charge in [0.1, 0.15) is 11.9 Å². The summed E-state index contributed by atoms with van der Waals surface area (Å²) in [6.07, 6.45) is 3.38. The Bertz CT molecular complexity index is 1380. The number of benzene rings is 2. The Morgan fingerprint density at radius 2 is 1.85 bits per heavy atom. The molecule has 1 aliphatic heterocycles. The van der Waals surface area contributed by atoms with Crippen molar-refractivity contribution in [1.82, 2.24) is 14.8 Å². The molecule has 3 aromatic rings. The number of aliphatic hydroxyl groups excluding tert-OH is 1. The molecule has 0 fully saturated rings. The van der Waals surface area contributed by atoms with Crippen molar-refractivity contribution in [3.8, 4) is 11.8 Å². The first-order chi connectivity index (χ1) is 19.7. The van der Waals surface area contributed by atoms with Crippen LogP contribution in [0.3, 0.4) is 0 Å². The third-order valence-electron chi connectivity index (χ3n) is 7.14. The number of amides is 3. The van der Waals surface area contributed by atoms with Crippen LogP contribution in [-0.4, -0.2) is 70.7 Å². The smallest absolute Gasteiger partial charge is 0.323 e. The first-order valence-electron chi connectivity index (χ1n) is 13.6. The van der Waals surface area contributed by atoms with E-state index in [2.05, 4.69) is 27.4 Å². The number of ether oxygens (including phenoxy) is 1. The molecule has 0 spiro atoms. The minimum atomic E-state index is -0.454. The van der Waals surface area contributed by atoms with Crippen LogP contribution in [0, 0.1) is 17.2 Å². The Balaban J connectivity index is 1.55. The summed E-state index contributed by atoms with van der Waals surface area (Å²) >= 11 is 0. The highest BCUT2D eigenvalue weighted by Gasteiger charge is 2.31. The summed E-state index contributed by atoms with van der Waals surface area (Å²) in [5.74, 6) is 0.451. The van der Waals surface area contributed by atoms with Gasteiger partial charge in [0, 0.05) is 54.9 Å². The van der Waals surface area contributed by atoms with Gasteiger partial charge in [-0.05, 0) is 74.1 Å². The van der Waals surface area contributed by atoms with Crippen LogP contribution in [0.2, 0.25) is 0 Å². The number of aliphatic hydroxyl groups is 1. The number of carbonyl (C=O) groups excluding carboxylic acids is 2. The van der Waals surface area contributed by atoms with Crippen LogP contribution >= 0.6 is 0 Å². The number of hydrogen-bond donors (Lipinski definition) is 3. The van der Waals surface area contributed by atoms with Gasteiger partial charge in [0.15, 0.2) is 0 Å². The number of anilines is 2. The number of nitrogens with zero attached hydrogens (tertiary/aromatic N) is 4. The van der Waals surface area contributed by atoms with Crippen molar-refractivity contribution in [2.24, 2.45) is 5.92 Å². The molecule has 0 saturated heterocycles. The van der Waals surface area contributed by atoms with E-state index >= 15 is 0 Å². The van der Waals surface area contributed by atoms with Gasteiger partial charge in [-0.1, -0.05) is 6.92 Å². The quantitative estimate of drug-likeness (QED) is 0.384. The third-order valence-corrected chi connectivity index (χ3v) is 7.14. The number of aromatic nitrogens is 1. The number of fused-ring (bicyclic) bond motifs is 1. The average molecular weight is 557 g/mol. The topological polar surface area (TPSA) is 131 Å². The second kappa shape index (κ2) is 13.7. The molecule has 3 N–H and O–H groups in total. The average Bonchev–Trinajstić information content (AvgIpc) is 3.01. The minimum Gasteiger partial charge on any atom is -0.488 e. The molecular weight excluding hydrogens is 520 g/mol. The summed E-state index contributed by atoms with van der Waals surface area (Å²) in [6, 6.07) is 17.0. The van der Waals surface area contributed by atoms with Gasteiger partial charge in [-0.3, -0.25) is 14.7 Å². The second-order valence-electron chi connectivity index (χ2n) is 10.5. The van der Waals surface area contributed by atoms with Gasteiger partial charge < -0.3 is 25.4 Å². The summed E-state index contributed by atoms with van der Waals surface area (Å²) in [5.41, 5.74) is 3.34. The maximum Gasteiger partial charge on any atom is 0.323 e. The molecule has 0 radical (unpaired) electrons. The van der Waals surface area contributed by atoms with Crippen molar-refractivity contribution >= 4 is 23.3 Å². The SMILES string of the molecule is CC(CO)N1C[C@@H](C)[C@H](CN(C)Cc2ccncc2)Oc2ccc(NC(=O)Nc3ccc(C#N)cc3)cc2CC1=O. The molecule has 10 heteroatoms. The Morgan fingerprint density at radius 1 is 1.17 bits per heavy atom. The molecule has 0 aliphatic carbocycles. The summed E-state index contributed by atoms with van der Waals surface area (Å²) in [5, 5.41) is 24.4. The maximum atomic E-state index is 13.4. The lowest BCUT2D eigenvalue weighted by molar-refractivity contribution is -0.134. The van der Waals surface area contributed by atoms with E-state index in [-0.39, 0.29) is 37.0 Å². The first-order valence-corrected chi connectivity index (χ1v) is 13.6. The molecule has 1 aromatic heterocycles. The molecule has 3 amide bonds. The second-order valence-corrected chi connectivity index (χ2v) is 10.5. The van der Waals surface area contributed by atoms with Crippen LogP contribution in [0.4, 0.5) is 16.2 Å². The van der Waals surface area contributed by atoms with Crippen molar-refractivity contribution in [2.75, 3.05) is 37.4 Å². The van der Waals surface area contributed by atoms with Gasteiger partial charge >= 0.3 is 6.03 Å². The highest BCUT2D eigenvalue weighted by atomic mass is 16.5. The highest BCUT2D eigenvalue weighted by Crippen LogP contribution is 2.29. The van der Waals surface area contributed by atoms with Gasteiger partial charge in [-0.25, -0.2) is 4.79 Å². The summed E-state index contributed by atoms with van der Waals surface area (Å²) in [7, 11) is 2.03. The molecule has 4 rings (SSSR count). The van der Waals surface area contributed by atoms with Gasteiger partial charge in [-0.2, -0.15) is 5.26 Å². The number of likely N-dealkylation sites (N-methyl/N-ethyl adjacent to an activating group) is 1. The van der Waals surface area contributed by atoms with E-state index in [0.717, 1.165) is 12.1 Å². The highest BCUT2D eigenvalue weighted by molar-refractivity contribution is 6.00. The fourth-order valence-corrected chi connectivity index (χ4v) is 4.82. The molecule has 41 heavy (non-hydrogen) atoms. The molecule has 2 aromatic carbocycles. The Kier molecular flexibility index (Phi) is 9.90. The van der Waals surface area contributed by atoms with Crippen molar-refractivity contribution < 1.29 is 19.4 Å². The van der Waals surface area contributed by atoms with Gasteiger partial charge in [0.05, 0.1) is 30.7 Å².